The highest BCUT2D eigenvalue weighted by Crippen LogP contribution is 2.20. The third kappa shape index (κ3) is 7.83. The van der Waals surface area contributed by atoms with Crippen molar-refractivity contribution in [1.82, 2.24) is 5.32 Å². The van der Waals surface area contributed by atoms with Crippen molar-refractivity contribution in [3.8, 4) is 5.75 Å². The number of carbonyl (C=O) groups is 1. The van der Waals surface area contributed by atoms with Crippen LogP contribution in [0.5, 0.6) is 5.75 Å². The molecule has 0 aliphatic carbocycles. The van der Waals surface area contributed by atoms with Crippen LogP contribution in [0.3, 0.4) is 0 Å². The monoisotopic (exact) mass is 338 g/mol. The largest absolute Gasteiger partial charge is 0.497 e. The minimum absolute atomic E-state index is 0.191. The number of ether oxygens (including phenoxy) is 2. The number of esters is 1. The summed E-state index contributed by atoms with van der Waals surface area (Å²) in [7, 11) is 1.64. The number of hydrogen-bond donors (Lipinski definition) is 2. The number of carbonyl (C=O) groups excluding carboxylic acids is 1. The Kier molecular flexibility index (Phi) is 7.29. The number of anilines is 1. The Labute approximate surface area is 143 Å². The molecule has 0 atom stereocenters. The first-order chi connectivity index (χ1) is 10.7. The first-order valence-corrected chi connectivity index (χ1v) is 8.03. The van der Waals surface area contributed by atoms with E-state index in [1.54, 1.807) is 7.11 Å². The van der Waals surface area contributed by atoms with Crippen molar-refractivity contribution in [3.05, 3.63) is 23.8 Å². The maximum atomic E-state index is 11.6. The summed E-state index contributed by atoms with van der Waals surface area (Å²) in [5, 5.41) is 6.75. The van der Waals surface area contributed by atoms with Gasteiger partial charge in [0.1, 0.15) is 11.4 Å². The molecule has 1 rings (SSSR count). The molecule has 2 N–H and O–H groups in total. The van der Waals surface area contributed by atoms with Gasteiger partial charge in [-0.15, -0.1) is 0 Å². The van der Waals surface area contributed by atoms with Gasteiger partial charge in [0.15, 0.2) is 5.11 Å². The van der Waals surface area contributed by atoms with Gasteiger partial charge in [0, 0.05) is 18.7 Å². The molecule has 0 saturated carbocycles. The molecule has 0 saturated heterocycles. The molecule has 0 fully saturated rings. The number of hydrogen-bond acceptors (Lipinski definition) is 4. The lowest BCUT2D eigenvalue weighted by Gasteiger charge is -2.19. The van der Waals surface area contributed by atoms with E-state index in [2.05, 4.69) is 10.6 Å². The van der Waals surface area contributed by atoms with Crippen molar-refractivity contribution in [1.29, 1.82) is 0 Å². The molecule has 128 valence electrons. The molecule has 0 aliphatic rings. The van der Waals surface area contributed by atoms with Crippen LogP contribution in [-0.4, -0.2) is 30.3 Å². The van der Waals surface area contributed by atoms with Crippen LogP contribution in [0, 0.1) is 6.92 Å². The molecule has 0 unspecified atom stereocenters. The van der Waals surface area contributed by atoms with E-state index >= 15 is 0 Å². The summed E-state index contributed by atoms with van der Waals surface area (Å²) in [5.74, 6) is 0.619. The Morgan fingerprint density at radius 3 is 2.57 bits per heavy atom. The highest BCUT2D eigenvalue weighted by Gasteiger charge is 2.15. The molecule has 23 heavy (non-hydrogen) atoms. The van der Waals surface area contributed by atoms with E-state index < -0.39 is 5.60 Å². The van der Waals surface area contributed by atoms with Crippen molar-refractivity contribution in [3.63, 3.8) is 0 Å². The number of rotatable bonds is 6. The second-order valence-electron chi connectivity index (χ2n) is 6.25. The number of methoxy groups -OCH3 is 1. The first kappa shape index (κ1) is 19.2. The van der Waals surface area contributed by atoms with Gasteiger partial charge in [0.05, 0.1) is 7.11 Å². The van der Waals surface area contributed by atoms with Gasteiger partial charge in [-0.3, -0.25) is 4.79 Å². The van der Waals surface area contributed by atoms with E-state index in [-0.39, 0.29) is 5.97 Å². The molecule has 5 nitrogen and oxygen atoms in total. The second-order valence-corrected chi connectivity index (χ2v) is 6.66. The quantitative estimate of drug-likeness (QED) is 0.471. The lowest BCUT2D eigenvalue weighted by molar-refractivity contribution is -0.154. The topological polar surface area (TPSA) is 59.6 Å². The van der Waals surface area contributed by atoms with Crippen molar-refractivity contribution >= 4 is 29.0 Å². The summed E-state index contributed by atoms with van der Waals surface area (Å²) in [4.78, 5) is 11.6. The van der Waals surface area contributed by atoms with Gasteiger partial charge in [-0.2, -0.15) is 0 Å². The Bertz CT molecular complexity index is 553. The molecule has 1 aromatic rings. The van der Waals surface area contributed by atoms with Gasteiger partial charge in [0.25, 0.3) is 0 Å². The maximum absolute atomic E-state index is 11.6. The number of aryl methyl sites for hydroxylation is 1. The van der Waals surface area contributed by atoms with Gasteiger partial charge < -0.3 is 20.1 Å². The molecule has 0 amide bonds. The zero-order valence-corrected chi connectivity index (χ0v) is 15.3. The van der Waals surface area contributed by atoms with Crippen LogP contribution in [0.4, 0.5) is 5.69 Å². The summed E-state index contributed by atoms with van der Waals surface area (Å²) in [5.41, 5.74) is 1.53. The van der Waals surface area contributed by atoms with Crippen LogP contribution in [0.15, 0.2) is 18.2 Å². The molecule has 0 bridgehead atoms. The second kappa shape index (κ2) is 8.72. The fraction of sp³-hybridized carbons (Fsp3) is 0.529. The third-order valence-electron chi connectivity index (χ3n) is 2.95. The lowest BCUT2D eigenvalue weighted by Crippen LogP contribution is -2.30. The summed E-state index contributed by atoms with van der Waals surface area (Å²) < 4.78 is 10.4. The zero-order chi connectivity index (χ0) is 17.5. The van der Waals surface area contributed by atoms with Crippen molar-refractivity contribution < 1.29 is 14.3 Å². The number of thiocarbonyl (C=S) groups is 1. The van der Waals surface area contributed by atoms with E-state index in [4.69, 9.17) is 21.7 Å². The van der Waals surface area contributed by atoms with Crippen molar-refractivity contribution in [2.45, 2.75) is 46.1 Å². The molecule has 1 aromatic carbocycles. The Balaban J connectivity index is 2.31. The van der Waals surface area contributed by atoms with Crippen LogP contribution in [-0.2, 0) is 9.53 Å². The smallest absolute Gasteiger partial charge is 0.306 e. The average Bonchev–Trinajstić information content (AvgIpc) is 2.44. The Morgan fingerprint density at radius 1 is 1.30 bits per heavy atom. The van der Waals surface area contributed by atoms with Crippen molar-refractivity contribution in [2.75, 3.05) is 19.0 Å². The first-order valence-electron chi connectivity index (χ1n) is 7.62. The van der Waals surface area contributed by atoms with Crippen LogP contribution in [0.1, 0.15) is 39.2 Å². The maximum Gasteiger partial charge on any atom is 0.306 e. The van der Waals surface area contributed by atoms with E-state index in [0.717, 1.165) is 17.0 Å². The molecule has 0 heterocycles. The molecular formula is C17H26N2O3S. The van der Waals surface area contributed by atoms with Crippen LogP contribution in [0.25, 0.3) is 0 Å². The Hall–Kier alpha value is -1.82. The number of nitrogens with one attached hydrogen (secondary N) is 2. The number of benzene rings is 1. The lowest BCUT2D eigenvalue weighted by atomic mass is 10.2. The summed E-state index contributed by atoms with van der Waals surface area (Å²) in [6.45, 7) is 8.17. The predicted molar refractivity (Wildman–Crippen MR) is 97.0 cm³/mol. The summed E-state index contributed by atoms with van der Waals surface area (Å²) in [6, 6.07) is 5.73. The van der Waals surface area contributed by atoms with Crippen LogP contribution >= 0.6 is 12.2 Å². The SMILES string of the molecule is COc1ccc(NC(=S)NCCCC(=O)OC(C)(C)C)c(C)c1. The third-order valence-corrected chi connectivity index (χ3v) is 3.19. The Morgan fingerprint density at radius 2 is 2.00 bits per heavy atom. The van der Waals surface area contributed by atoms with E-state index in [0.29, 0.717) is 24.5 Å². The molecule has 6 heteroatoms. The van der Waals surface area contributed by atoms with Gasteiger partial charge in [-0.1, -0.05) is 0 Å². The van der Waals surface area contributed by atoms with Gasteiger partial charge in [0.2, 0.25) is 0 Å². The molecule has 0 aromatic heterocycles. The van der Waals surface area contributed by atoms with E-state index in [1.165, 1.54) is 0 Å². The highest BCUT2D eigenvalue weighted by atomic mass is 32.1. The standard InChI is InChI=1S/C17H26N2O3S/c1-12-11-13(21-5)8-9-14(12)19-16(23)18-10-6-7-15(20)22-17(2,3)4/h8-9,11H,6-7,10H2,1-5H3,(H2,18,19,23). The zero-order valence-electron chi connectivity index (χ0n) is 14.5. The van der Waals surface area contributed by atoms with Crippen LogP contribution in [0.2, 0.25) is 0 Å². The fourth-order valence-electron chi connectivity index (χ4n) is 1.90. The minimum atomic E-state index is -0.437. The van der Waals surface area contributed by atoms with Gasteiger partial charge >= 0.3 is 5.97 Å². The normalized spacial score (nSPS) is 10.8. The molecule has 0 radical (unpaired) electrons. The molecule has 0 aliphatic heterocycles. The van der Waals surface area contributed by atoms with E-state index in [9.17, 15) is 4.79 Å². The fourth-order valence-corrected chi connectivity index (χ4v) is 2.11. The van der Waals surface area contributed by atoms with Gasteiger partial charge in [-0.05, 0) is 70.1 Å². The van der Waals surface area contributed by atoms with Gasteiger partial charge in [-0.25, -0.2) is 0 Å². The predicted octanol–water partition coefficient (Wildman–Crippen LogP) is 3.41. The summed E-state index contributed by atoms with van der Waals surface area (Å²) in [6.07, 6.45) is 1.03. The molecular weight excluding hydrogens is 312 g/mol. The van der Waals surface area contributed by atoms with Crippen LogP contribution < -0.4 is 15.4 Å². The van der Waals surface area contributed by atoms with Crippen molar-refractivity contribution in [2.24, 2.45) is 0 Å². The van der Waals surface area contributed by atoms with E-state index in [1.807, 2.05) is 45.9 Å². The highest BCUT2D eigenvalue weighted by molar-refractivity contribution is 7.80. The minimum Gasteiger partial charge on any atom is -0.497 e. The molecule has 0 spiro atoms. The summed E-state index contributed by atoms with van der Waals surface area (Å²) >= 11 is 5.25. The average molecular weight is 338 g/mol.